The van der Waals surface area contributed by atoms with E-state index in [-0.39, 0.29) is 18.2 Å². The van der Waals surface area contributed by atoms with Gasteiger partial charge in [0.05, 0.1) is 0 Å². The minimum atomic E-state index is -1.09. The van der Waals surface area contributed by atoms with Gasteiger partial charge in [-0.25, -0.2) is 13.6 Å². The van der Waals surface area contributed by atoms with Crippen molar-refractivity contribution in [3.05, 3.63) is 59.2 Å². The number of carbonyl (C=O) groups excluding carboxylic acids is 2. The van der Waals surface area contributed by atoms with Gasteiger partial charge >= 0.3 is 5.97 Å². The van der Waals surface area contributed by atoms with Gasteiger partial charge in [0.25, 0.3) is 5.91 Å². The fourth-order valence-corrected chi connectivity index (χ4v) is 2.34. The van der Waals surface area contributed by atoms with Gasteiger partial charge in [0.15, 0.2) is 24.8 Å². The summed E-state index contributed by atoms with van der Waals surface area (Å²) in [5, 5.41) is 2.31. The first kappa shape index (κ1) is 20.4. The molecule has 1 N–H and O–H groups in total. The van der Waals surface area contributed by atoms with E-state index >= 15 is 0 Å². The minimum Gasteiger partial charge on any atom is -0.482 e. The van der Waals surface area contributed by atoms with Crippen LogP contribution >= 0.6 is 0 Å². The number of nitrogens with one attached hydrogen (secondary N) is 1. The van der Waals surface area contributed by atoms with Crippen LogP contribution in [0, 0.1) is 18.6 Å². The van der Waals surface area contributed by atoms with Gasteiger partial charge < -0.3 is 14.8 Å². The quantitative estimate of drug-likeness (QED) is 0.742. The lowest BCUT2D eigenvalue weighted by atomic mass is 10.0. The molecule has 0 bridgehead atoms. The van der Waals surface area contributed by atoms with Crippen LogP contribution in [0.25, 0.3) is 0 Å². The van der Waals surface area contributed by atoms with E-state index in [1.165, 1.54) is 6.07 Å². The summed E-state index contributed by atoms with van der Waals surface area (Å²) in [4.78, 5) is 23.5. The normalized spacial score (nSPS) is 10.6. The summed E-state index contributed by atoms with van der Waals surface area (Å²) in [5.41, 5.74) is 2.02. The lowest BCUT2D eigenvalue weighted by Crippen LogP contribution is -2.24. The Labute approximate surface area is 156 Å². The summed E-state index contributed by atoms with van der Waals surface area (Å²) < 4.78 is 36.3. The number of halogens is 2. The number of rotatable bonds is 7. The molecule has 0 unspecified atom stereocenters. The molecule has 5 nitrogen and oxygen atoms in total. The maximum Gasteiger partial charge on any atom is 0.344 e. The number of carbonyl (C=O) groups is 2. The summed E-state index contributed by atoms with van der Waals surface area (Å²) in [6.07, 6.45) is 0. The number of esters is 1. The van der Waals surface area contributed by atoms with Crippen molar-refractivity contribution in [2.45, 2.75) is 26.7 Å². The van der Waals surface area contributed by atoms with Crippen molar-refractivity contribution in [2.24, 2.45) is 0 Å². The Hall–Kier alpha value is -2.96. The summed E-state index contributed by atoms with van der Waals surface area (Å²) >= 11 is 0. The van der Waals surface area contributed by atoms with Gasteiger partial charge in [0.2, 0.25) is 0 Å². The van der Waals surface area contributed by atoms with E-state index in [0.717, 1.165) is 23.3 Å². The molecule has 0 heterocycles. The van der Waals surface area contributed by atoms with E-state index in [1.807, 2.05) is 39.0 Å². The summed E-state index contributed by atoms with van der Waals surface area (Å²) in [6.45, 7) is 5.03. The third-order valence-corrected chi connectivity index (χ3v) is 3.70. The molecular formula is C20H21F2NO4. The molecule has 7 heteroatoms. The highest BCUT2D eigenvalue weighted by Crippen LogP contribution is 2.27. The third-order valence-electron chi connectivity index (χ3n) is 3.70. The van der Waals surface area contributed by atoms with Gasteiger partial charge in [-0.2, -0.15) is 0 Å². The van der Waals surface area contributed by atoms with Gasteiger partial charge in [-0.15, -0.1) is 0 Å². The fraction of sp³-hybridized carbons (Fsp3) is 0.300. The monoisotopic (exact) mass is 377 g/mol. The molecular weight excluding hydrogens is 356 g/mol. The zero-order valence-corrected chi connectivity index (χ0v) is 15.3. The first-order valence-corrected chi connectivity index (χ1v) is 8.40. The molecule has 0 aliphatic carbocycles. The van der Waals surface area contributed by atoms with Crippen LogP contribution in [-0.2, 0) is 14.3 Å². The van der Waals surface area contributed by atoms with Crippen LogP contribution in [0.1, 0.15) is 30.9 Å². The minimum absolute atomic E-state index is 0.0625. The van der Waals surface area contributed by atoms with E-state index in [4.69, 9.17) is 9.47 Å². The molecule has 0 saturated carbocycles. The average molecular weight is 377 g/mol. The standard InChI is InChI=1S/C20H21F2NO4/c1-12(2)15-6-4-13(3)8-18(15)26-11-20(25)27-10-19(24)23-14-5-7-16(21)17(22)9-14/h4-9,12H,10-11H2,1-3H3,(H,23,24). The van der Waals surface area contributed by atoms with Crippen molar-refractivity contribution >= 4 is 17.6 Å². The Morgan fingerprint density at radius 1 is 1.04 bits per heavy atom. The highest BCUT2D eigenvalue weighted by atomic mass is 19.2. The van der Waals surface area contributed by atoms with Crippen LogP contribution in [0.5, 0.6) is 5.75 Å². The number of hydrogen-bond donors (Lipinski definition) is 1. The fourth-order valence-electron chi connectivity index (χ4n) is 2.34. The van der Waals surface area contributed by atoms with Crippen molar-refractivity contribution in [1.29, 1.82) is 0 Å². The van der Waals surface area contributed by atoms with Crippen molar-refractivity contribution in [1.82, 2.24) is 0 Å². The second-order valence-electron chi connectivity index (χ2n) is 6.32. The van der Waals surface area contributed by atoms with E-state index < -0.39 is 30.1 Å². The molecule has 0 aromatic heterocycles. The molecule has 2 aromatic rings. The van der Waals surface area contributed by atoms with E-state index in [0.29, 0.717) is 5.75 Å². The Morgan fingerprint density at radius 2 is 1.78 bits per heavy atom. The van der Waals surface area contributed by atoms with Crippen molar-refractivity contribution in [3.8, 4) is 5.75 Å². The first-order valence-electron chi connectivity index (χ1n) is 8.40. The van der Waals surface area contributed by atoms with Crippen LogP contribution in [0.2, 0.25) is 0 Å². The average Bonchev–Trinajstić information content (AvgIpc) is 2.61. The third kappa shape index (κ3) is 6.06. The predicted octanol–water partition coefficient (Wildman–Crippen LogP) is 3.96. The largest absolute Gasteiger partial charge is 0.482 e. The van der Waals surface area contributed by atoms with Crippen LogP contribution < -0.4 is 10.1 Å². The van der Waals surface area contributed by atoms with Crippen molar-refractivity contribution < 1.29 is 27.8 Å². The highest BCUT2D eigenvalue weighted by molar-refractivity contribution is 5.92. The second kappa shape index (κ2) is 9.12. The van der Waals surface area contributed by atoms with Gasteiger partial charge in [-0.3, -0.25) is 4.79 Å². The van der Waals surface area contributed by atoms with Crippen molar-refractivity contribution in [3.63, 3.8) is 0 Å². The molecule has 1 amide bonds. The van der Waals surface area contributed by atoms with E-state index in [9.17, 15) is 18.4 Å². The number of ether oxygens (including phenoxy) is 2. The summed E-state index contributed by atoms with van der Waals surface area (Å²) in [6, 6.07) is 8.66. The molecule has 0 radical (unpaired) electrons. The SMILES string of the molecule is Cc1ccc(C(C)C)c(OCC(=O)OCC(=O)Nc2ccc(F)c(F)c2)c1. The number of amides is 1. The van der Waals surface area contributed by atoms with Crippen LogP contribution in [0.3, 0.4) is 0 Å². The van der Waals surface area contributed by atoms with Gasteiger partial charge in [0, 0.05) is 11.8 Å². The van der Waals surface area contributed by atoms with Crippen LogP contribution in [-0.4, -0.2) is 25.1 Å². The van der Waals surface area contributed by atoms with Gasteiger partial charge in [-0.05, 0) is 42.2 Å². The number of benzene rings is 2. The maximum absolute atomic E-state index is 13.1. The number of hydrogen-bond acceptors (Lipinski definition) is 4. The summed E-state index contributed by atoms with van der Waals surface area (Å²) in [7, 11) is 0. The topological polar surface area (TPSA) is 64.6 Å². The van der Waals surface area contributed by atoms with Gasteiger partial charge in [-0.1, -0.05) is 26.0 Å². The zero-order chi connectivity index (χ0) is 20.0. The van der Waals surface area contributed by atoms with E-state index in [2.05, 4.69) is 5.32 Å². The first-order chi connectivity index (χ1) is 12.8. The molecule has 0 fully saturated rings. The van der Waals surface area contributed by atoms with Crippen molar-refractivity contribution in [2.75, 3.05) is 18.5 Å². The zero-order valence-electron chi connectivity index (χ0n) is 15.3. The Balaban J connectivity index is 1.83. The lowest BCUT2D eigenvalue weighted by molar-refractivity contribution is -0.149. The molecule has 0 saturated heterocycles. The Bertz CT molecular complexity index is 837. The molecule has 27 heavy (non-hydrogen) atoms. The Kier molecular flexibility index (Phi) is 6.87. The molecule has 0 aliphatic heterocycles. The molecule has 0 atom stereocenters. The smallest absolute Gasteiger partial charge is 0.344 e. The number of aryl methyl sites for hydroxylation is 1. The van der Waals surface area contributed by atoms with E-state index in [1.54, 1.807) is 0 Å². The molecule has 0 aliphatic rings. The lowest BCUT2D eigenvalue weighted by Gasteiger charge is -2.14. The van der Waals surface area contributed by atoms with Gasteiger partial charge in [0.1, 0.15) is 5.75 Å². The molecule has 0 spiro atoms. The number of anilines is 1. The highest BCUT2D eigenvalue weighted by Gasteiger charge is 2.13. The van der Waals surface area contributed by atoms with Crippen LogP contribution in [0.4, 0.5) is 14.5 Å². The predicted molar refractivity (Wildman–Crippen MR) is 96.7 cm³/mol. The molecule has 2 rings (SSSR count). The second-order valence-corrected chi connectivity index (χ2v) is 6.32. The Morgan fingerprint density at radius 3 is 2.44 bits per heavy atom. The molecule has 144 valence electrons. The molecule has 2 aromatic carbocycles. The summed E-state index contributed by atoms with van der Waals surface area (Å²) in [5.74, 6) is -2.68. The maximum atomic E-state index is 13.1. The van der Waals surface area contributed by atoms with Crippen LogP contribution in [0.15, 0.2) is 36.4 Å².